The number of sulfonamides is 1. The zero-order chi connectivity index (χ0) is 15.6. The van der Waals surface area contributed by atoms with E-state index >= 15 is 0 Å². The summed E-state index contributed by atoms with van der Waals surface area (Å²) >= 11 is 3.06. The number of anilines is 2. The number of benzene rings is 2. The van der Waals surface area contributed by atoms with Gasteiger partial charge in [0.1, 0.15) is 10.7 Å². The molecule has 2 aromatic carbocycles. The fourth-order valence-corrected chi connectivity index (χ4v) is 3.84. The number of rotatable bonds is 4. The van der Waals surface area contributed by atoms with Crippen LogP contribution in [0.4, 0.5) is 15.8 Å². The first-order valence-electron chi connectivity index (χ1n) is 6.05. The second kappa shape index (κ2) is 6.03. The minimum Gasteiger partial charge on any atom is -0.378 e. The van der Waals surface area contributed by atoms with Crippen molar-refractivity contribution >= 4 is 37.3 Å². The molecule has 112 valence electrons. The lowest BCUT2D eigenvalue weighted by atomic mass is 10.3. The summed E-state index contributed by atoms with van der Waals surface area (Å²) in [6.45, 7) is 0. The summed E-state index contributed by atoms with van der Waals surface area (Å²) in [6.07, 6.45) is 0. The van der Waals surface area contributed by atoms with E-state index in [-0.39, 0.29) is 9.37 Å². The molecule has 0 aliphatic carbocycles. The summed E-state index contributed by atoms with van der Waals surface area (Å²) in [4.78, 5) is 1.90. The van der Waals surface area contributed by atoms with Crippen LogP contribution in [-0.4, -0.2) is 22.5 Å². The molecule has 0 aliphatic heterocycles. The smallest absolute Gasteiger partial charge is 0.263 e. The Bertz CT molecular complexity index is 746. The molecule has 2 rings (SSSR count). The van der Waals surface area contributed by atoms with E-state index in [9.17, 15) is 12.8 Å². The average molecular weight is 373 g/mol. The van der Waals surface area contributed by atoms with Gasteiger partial charge in [0.05, 0.1) is 0 Å². The van der Waals surface area contributed by atoms with Crippen molar-refractivity contribution in [3.05, 3.63) is 52.8 Å². The molecule has 0 bridgehead atoms. The maximum absolute atomic E-state index is 13.0. The molecule has 0 unspecified atom stereocenters. The van der Waals surface area contributed by atoms with Crippen LogP contribution in [0, 0.1) is 5.82 Å². The largest absolute Gasteiger partial charge is 0.378 e. The molecule has 1 N–H and O–H groups in total. The summed E-state index contributed by atoms with van der Waals surface area (Å²) in [5.74, 6) is -0.504. The highest BCUT2D eigenvalue weighted by Gasteiger charge is 2.18. The van der Waals surface area contributed by atoms with Crippen LogP contribution in [0.3, 0.4) is 0 Å². The fraction of sp³-hybridized carbons (Fsp3) is 0.143. The quantitative estimate of drug-likeness (QED) is 0.893. The lowest BCUT2D eigenvalue weighted by Crippen LogP contribution is -2.14. The van der Waals surface area contributed by atoms with Crippen molar-refractivity contribution in [2.75, 3.05) is 23.7 Å². The Morgan fingerprint density at radius 3 is 2.24 bits per heavy atom. The molecule has 2 aromatic rings. The second-order valence-electron chi connectivity index (χ2n) is 4.62. The van der Waals surface area contributed by atoms with Gasteiger partial charge >= 0.3 is 0 Å². The van der Waals surface area contributed by atoms with Gasteiger partial charge in [-0.3, -0.25) is 4.72 Å². The summed E-state index contributed by atoms with van der Waals surface area (Å²) in [5, 5.41) is 0. The molecule has 0 atom stereocenters. The first-order chi connectivity index (χ1) is 9.79. The molecule has 0 heterocycles. The molecular formula is C14H14BrFN2O2S. The zero-order valence-electron chi connectivity index (χ0n) is 11.5. The Morgan fingerprint density at radius 2 is 1.71 bits per heavy atom. The van der Waals surface area contributed by atoms with Gasteiger partial charge in [-0.2, -0.15) is 0 Å². The highest BCUT2D eigenvalue weighted by molar-refractivity contribution is 9.10. The number of hydrogen-bond donors (Lipinski definition) is 1. The van der Waals surface area contributed by atoms with Gasteiger partial charge in [0.15, 0.2) is 0 Å². The van der Waals surface area contributed by atoms with Gasteiger partial charge in [0, 0.05) is 29.9 Å². The molecule has 4 nitrogen and oxygen atoms in total. The van der Waals surface area contributed by atoms with Gasteiger partial charge in [0.25, 0.3) is 10.0 Å². The van der Waals surface area contributed by atoms with E-state index in [0.29, 0.717) is 5.69 Å². The van der Waals surface area contributed by atoms with E-state index in [1.54, 1.807) is 24.3 Å². The third-order valence-electron chi connectivity index (χ3n) is 2.82. The maximum Gasteiger partial charge on any atom is 0.263 e. The van der Waals surface area contributed by atoms with Crippen LogP contribution in [0.2, 0.25) is 0 Å². The van der Waals surface area contributed by atoms with E-state index in [0.717, 1.165) is 17.8 Å². The highest BCUT2D eigenvalue weighted by Crippen LogP contribution is 2.25. The van der Waals surface area contributed by atoms with Crippen molar-refractivity contribution in [1.82, 2.24) is 0 Å². The standard InChI is InChI=1S/C14H14BrFN2O2S/c1-18(2)12-6-4-11(5-7-12)17-21(19,20)14-8-3-10(16)9-13(14)15/h3-9,17H,1-2H3. The Labute approximate surface area is 131 Å². The first kappa shape index (κ1) is 15.8. The van der Waals surface area contributed by atoms with E-state index in [1.165, 1.54) is 6.07 Å². The summed E-state index contributed by atoms with van der Waals surface area (Å²) in [5.41, 5.74) is 1.40. The number of nitrogens with one attached hydrogen (secondary N) is 1. The zero-order valence-corrected chi connectivity index (χ0v) is 13.9. The summed E-state index contributed by atoms with van der Waals surface area (Å²) in [7, 11) is 0.0242. The molecule has 21 heavy (non-hydrogen) atoms. The van der Waals surface area contributed by atoms with Crippen molar-refractivity contribution in [2.45, 2.75) is 4.90 Å². The maximum atomic E-state index is 13.0. The first-order valence-corrected chi connectivity index (χ1v) is 8.32. The Hall–Kier alpha value is -1.60. The van der Waals surface area contributed by atoms with Crippen LogP contribution in [0.1, 0.15) is 0 Å². The number of nitrogens with zero attached hydrogens (tertiary/aromatic N) is 1. The normalized spacial score (nSPS) is 11.2. The summed E-state index contributed by atoms with van der Waals surface area (Å²) < 4.78 is 40.2. The molecule has 0 saturated carbocycles. The minimum atomic E-state index is -3.77. The molecule has 0 amide bonds. The average Bonchev–Trinajstić information content (AvgIpc) is 2.38. The molecule has 0 aliphatic rings. The predicted molar refractivity (Wildman–Crippen MR) is 85.7 cm³/mol. The van der Waals surface area contributed by atoms with Crippen LogP contribution in [0.5, 0.6) is 0 Å². The van der Waals surface area contributed by atoms with Crippen LogP contribution >= 0.6 is 15.9 Å². The van der Waals surface area contributed by atoms with Crippen LogP contribution in [-0.2, 0) is 10.0 Å². The van der Waals surface area contributed by atoms with E-state index < -0.39 is 15.8 Å². The predicted octanol–water partition coefficient (Wildman–Crippen LogP) is 3.46. The lowest BCUT2D eigenvalue weighted by Gasteiger charge is -2.14. The van der Waals surface area contributed by atoms with Crippen molar-refractivity contribution in [1.29, 1.82) is 0 Å². The lowest BCUT2D eigenvalue weighted by molar-refractivity contribution is 0.599. The monoisotopic (exact) mass is 372 g/mol. The van der Waals surface area contributed by atoms with Gasteiger partial charge in [-0.05, 0) is 58.4 Å². The van der Waals surface area contributed by atoms with Gasteiger partial charge < -0.3 is 4.90 Å². The topological polar surface area (TPSA) is 49.4 Å². The van der Waals surface area contributed by atoms with E-state index in [4.69, 9.17) is 0 Å². The SMILES string of the molecule is CN(C)c1ccc(NS(=O)(=O)c2ccc(F)cc2Br)cc1. The number of halogens is 2. The molecule has 0 saturated heterocycles. The van der Waals surface area contributed by atoms with Crippen LogP contribution in [0.15, 0.2) is 51.8 Å². The number of hydrogen-bond acceptors (Lipinski definition) is 3. The third kappa shape index (κ3) is 3.74. The van der Waals surface area contributed by atoms with Crippen molar-refractivity contribution in [2.24, 2.45) is 0 Å². The minimum absolute atomic E-state index is 0.0133. The Kier molecular flexibility index (Phi) is 4.53. The molecule has 0 fully saturated rings. The van der Waals surface area contributed by atoms with Gasteiger partial charge in [0.2, 0.25) is 0 Å². The van der Waals surface area contributed by atoms with Crippen molar-refractivity contribution in [3.63, 3.8) is 0 Å². The van der Waals surface area contributed by atoms with Crippen LogP contribution < -0.4 is 9.62 Å². The third-order valence-corrected chi connectivity index (χ3v) is 5.18. The summed E-state index contributed by atoms with van der Waals surface area (Å²) in [6, 6.07) is 10.4. The van der Waals surface area contributed by atoms with Gasteiger partial charge in [-0.15, -0.1) is 0 Å². The second-order valence-corrected chi connectivity index (χ2v) is 7.13. The van der Waals surface area contributed by atoms with E-state index in [2.05, 4.69) is 20.7 Å². The fourth-order valence-electron chi connectivity index (χ4n) is 1.73. The Balaban J connectivity index is 2.28. The highest BCUT2D eigenvalue weighted by atomic mass is 79.9. The van der Waals surface area contributed by atoms with Crippen molar-refractivity contribution < 1.29 is 12.8 Å². The molecule has 0 aromatic heterocycles. The molecule has 0 spiro atoms. The molecular weight excluding hydrogens is 359 g/mol. The molecule has 0 radical (unpaired) electrons. The van der Waals surface area contributed by atoms with Crippen LogP contribution in [0.25, 0.3) is 0 Å². The Morgan fingerprint density at radius 1 is 1.10 bits per heavy atom. The van der Waals surface area contributed by atoms with Crippen molar-refractivity contribution in [3.8, 4) is 0 Å². The van der Waals surface area contributed by atoms with E-state index in [1.807, 2.05) is 19.0 Å². The molecule has 7 heteroatoms. The van der Waals surface area contributed by atoms with Gasteiger partial charge in [-0.1, -0.05) is 0 Å². The van der Waals surface area contributed by atoms with Gasteiger partial charge in [-0.25, -0.2) is 12.8 Å².